The van der Waals surface area contributed by atoms with Crippen molar-refractivity contribution in [2.24, 2.45) is 0 Å². The van der Waals surface area contributed by atoms with E-state index in [-0.39, 0.29) is 5.76 Å². The Morgan fingerprint density at radius 3 is 2.75 bits per heavy atom. The molecule has 1 aromatic heterocycles. The lowest BCUT2D eigenvalue weighted by Crippen LogP contribution is -1.85. The predicted octanol–water partition coefficient (Wildman–Crippen LogP) is 1.17. The van der Waals surface area contributed by atoms with Crippen molar-refractivity contribution in [1.82, 2.24) is 0 Å². The molecule has 2 radical (unpaired) electrons. The first kappa shape index (κ1) is 5.09. The summed E-state index contributed by atoms with van der Waals surface area (Å²) in [6.45, 7) is 4.83. The van der Waals surface area contributed by atoms with Crippen molar-refractivity contribution in [1.29, 1.82) is 0 Å². The fourth-order valence-corrected chi connectivity index (χ4v) is 0.419. The average molecular weight is 108 g/mol. The summed E-state index contributed by atoms with van der Waals surface area (Å²) < 4.78 is 4.62. The van der Waals surface area contributed by atoms with Crippen molar-refractivity contribution in [2.45, 2.75) is 0 Å². The lowest BCUT2D eigenvalue weighted by Gasteiger charge is -1.79. The molecule has 0 spiro atoms. The van der Waals surface area contributed by atoms with Crippen molar-refractivity contribution < 1.29 is 9.21 Å². The van der Waals surface area contributed by atoms with Crippen molar-refractivity contribution in [3.05, 3.63) is 31.1 Å². The summed E-state index contributed by atoms with van der Waals surface area (Å²) in [4.78, 5) is 10.2. The van der Waals surface area contributed by atoms with Gasteiger partial charge < -0.3 is 4.42 Å². The number of Topliss-reactive ketones (excluding diaryl/α,β-unsaturated/α-hetero) is 1. The standard InChI is InChI=1S/C6H4O2/c1-5(7)6-3-2-4-8-6/h1-4H. The van der Waals surface area contributed by atoms with E-state index in [1.165, 1.54) is 12.3 Å². The van der Waals surface area contributed by atoms with Gasteiger partial charge in [0, 0.05) is 6.92 Å². The SMILES string of the molecule is [CH]C(=O)c1ccco1. The average Bonchev–Trinajstić information content (AvgIpc) is 2.12. The third-order valence-electron chi connectivity index (χ3n) is 0.764. The van der Waals surface area contributed by atoms with Gasteiger partial charge in [-0.1, -0.05) is 0 Å². The molecule has 1 aromatic rings. The maximum Gasteiger partial charge on any atom is 0.202 e. The number of furan rings is 1. The van der Waals surface area contributed by atoms with E-state index in [1.54, 1.807) is 6.07 Å². The van der Waals surface area contributed by atoms with Crippen LogP contribution < -0.4 is 0 Å². The van der Waals surface area contributed by atoms with Gasteiger partial charge in [-0.2, -0.15) is 0 Å². The lowest BCUT2D eigenvalue weighted by molar-refractivity contribution is 0.101. The summed E-state index contributed by atoms with van der Waals surface area (Å²) in [5.74, 6) is -0.333. The van der Waals surface area contributed by atoms with E-state index in [1.807, 2.05) is 0 Å². The van der Waals surface area contributed by atoms with Gasteiger partial charge in [-0.15, -0.1) is 0 Å². The van der Waals surface area contributed by atoms with E-state index < -0.39 is 5.78 Å². The van der Waals surface area contributed by atoms with Crippen LogP contribution in [-0.2, 0) is 0 Å². The highest BCUT2D eigenvalue weighted by atomic mass is 16.3. The Labute approximate surface area is 47.1 Å². The maximum atomic E-state index is 10.2. The van der Waals surface area contributed by atoms with Crippen molar-refractivity contribution >= 4 is 5.78 Å². The highest BCUT2D eigenvalue weighted by Crippen LogP contribution is 1.98. The Balaban J connectivity index is 2.93. The van der Waals surface area contributed by atoms with Crippen molar-refractivity contribution in [3.8, 4) is 0 Å². The molecule has 0 fully saturated rings. The molecule has 0 aromatic carbocycles. The zero-order valence-electron chi connectivity index (χ0n) is 4.13. The number of carbonyl (C=O) groups excluding carboxylic acids is 1. The predicted molar refractivity (Wildman–Crippen MR) is 27.3 cm³/mol. The van der Waals surface area contributed by atoms with Crippen LogP contribution in [0.1, 0.15) is 10.6 Å². The number of ketones is 1. The van der Waals surface area contributed by atoms with Gasteiger partial charge in [0.25, 0.3) is 0 Å². The minimum atomic E-state index is -0.532. The molecule has 0 N–H and O–H groups in total. The van der Waals surface area contributed by atoms with E-state index in [2.05, 4.69) is 4.42 Å². The molecule has 1 heterocycles. The third kappa shape index (κ3) is 0.780. The summed E-state index contributed by atoms with van der Waals surface area (Å²) in [5, 5.41) is 0. The largest absolute Gasteiger partial charge is 0.461 e. The molecule has 0 aliphatic heterocycles. The van der Waals surface area contributed by atoms with Crippen LogP contribution in [0.5, 0.6) is 0 Å². The minimum Gasteiger partial charge on any atom is -0.461 e. The number of hydrogen-bond donors (Lipinski definition) is 0. The fourth-order valence-electron chi connectivity index (χ4n) is 0.419. The highest BCUT2D eigenvalue weighted by Gasteiger charge is 1.98. The molecule has 0 amide bonds. The normalized spacial score (nSPS) is 9.12. The topological polar surface area (TPSA) is 30.2 Å². The second-order valence-corrected chi connectivity index (χ2v) is 1.34. The van der Waals surface area contributed by atoms with E-state index in [0.29, 0.717) is 0 Å². The zero-order valence-corrected chi connectivity index (χ0v) is 4.13. The Hall–Kier alpha value is -1.05. The first-order valence-electron chi connectivity index (χ1n) is 2.14. The summed E-state index contributed by atoms with van der Waals surface area (Å²) in [7, 11) is 0. The number of rotatable bonds is 1. The Morgan fingerprint density at radius 1 is 1.75 bits per heavy atom. The van der Waals surface area contributed by atoms with Crippen molar-refractivity contribution in [3.63, 3.8) is 0 Å². The molecule has 0 bridgehead atoms. The smallest absolute Gasteiger partial charge is 0.202 e. The number of hydrogen-bond acceptors (Lipinski definition) is 2. The second-order valence-electron chi connectivity index (χ2n) is 1.34. The maximum absolute atomic E-state index is 10.2. The molecule has 2 heteroatoms. The van der Waals surface area contributed by atoms with Crippen LogP contribution >= 0.6 is 0 Å². The molecule has 8 heavy (non-hydrogen) atoms. The van der Waals surface area contributed by atoms with Gasteiger partial charge in [0.05, 0.1) is 6.26 Å². The molecule has 0 aliphatic rings. The van der Waals surface area contributed by atoms with Crippen molar-refractivity contribution in [2.75, 3.05) is 0 Å². The molecule has 0 atom stereocenters. The van der Waals surface area contributed by atoms with Gasteiger partial charge in [0.1, 0.15) is 0 Å². The van der Waals surface area contributed by atoms with Crippen LogP contribution in [0.2, 0.25) is 0 Å². The minimum absolute atomic E-state index is 0.199. The van der Waals surface area contributed by atoms with Gasteiger partial charge in [0.15, 0.2) is 5.76 Å². The van der Waals surface area contributed by atoms with Gasteiger partial charge in [-0.05, 0) is 12.1 Å². The summed E-state index contributed by atoms with van der Waals surface area (Å²) >= 11 is 0. The van der Waals surface area contributed by atoms with Crippen LogP contribution in [0.25, 0.3) is 0 Å². The van der Waals surface area contributed by atoms with Crippen LogP contribution in [-0.4, -0.2) is 5.78 Å². The summed E-state index contributed by atoms with van der Waals surface area (Å²) in [6, 6.07) is 3.13. The Bertz CT molecular complexity index is 174. The van der Waals surface area contributed by atoms with Gasteiger partial charge in [-0.25, -0.2) is 0 Å². The molecule has 0 saturated carbocycles. The molecular weight excluding hydrogens is 104 g/mol. The van der Waals surface area contributed by atoms with Crippen LogP contribution in [0.15, 0.2) is 22.8 Å². The quantitative estimate of drug-likeness (QED) is 0.505. The summed E-state index contributed by atoms with van der Waals surface area (Å²) in [5.41, 5.74) is 0. The second kappa shape index (κ2) is 1.82. The van der Waals surface area contributed by atoms with E-state index >= 15 is 0 Å². The summed E-state index contributed by atoms with van der Waals surface area (Å²) in [6.07, 6.45) is 1.40. The van der Waals surface area contributed by atoms with E-state index in [0.717, 1.165) is 0 Å². The fraction of sp³-hybridized carbons (Fsp3) is 0. The van der Waals surface area contributed by atoms with Crippen LogP contribution in [0.4, 0.5) is 0 Å². The molecule has 1 rings (SSSR count). The van der Waals surface area contributed by atoms with Gasteiger partial charge >= 0.3 is 0 Å². The van der Waals surface area contributed by atoms with Gasteiger partial charge in [-0.3, -0.25) is 4.79 Å². The molecule has 40 valence electrons. The Morgan fingerprint density at radius 2 is 2.50 bits per heavy atom. The van der Waals surface area contributed by atoms with E-state index in [4.69, 9.17) is 6.92 Å². The zero-order chi connectivity index (χ0) is 5.98. The van der Waals surface area contributed by atoms with Crippen LogP contribution in [0, 0.1) is 6.92 Å². The lowest BCUT2D eigenvalue weighted by atomic mass is 10.3. The molecular formula is C6H4O2. The Kier molecular flexibility index (Phi) is 1.16. The molecule has 0 saturated heterocycles. The highest BCUT2D eigenvalue weighted by molar-refractivity contribution is 5.96. The third-order valence-corrected chi connectivity index (χ3v) is 0.764. The van der Waals surface area contributed by atoms with Crippen LogP contribution in [0.3, 0.4) is 0 Å². The first-order valence-corrected chi connectivity index (χ1v) is 2.14. The van der Waals surface area contributed by atoms with Gasteiger partial charge in [0.2, 0.25) is 5.78 Å². The number of carbonyl (C=O) groups is 1. The monoisotopic (exact) mass is 108 g/mol. The van der Waals surface area contributed by atoms with E-state index in [9.17, 15) is 4.79 Å². The first-order chi connectivity index (χ1) is 3.80. The molecule has 2 nitrogen and oxygen atoms in total. The molecule has 0 unspecified atom stereocenters. The molecule has 0 aliphatic carbocycles.